The monoisotopic (exact) mass is 238 g/mol. The van der Waals surface area contributed by atoms with Crippen LogP contribution in [-0.4, -0.2) is 36.2 Å². The van der Waals surface area contributed by atoms with Crippen molar-refractivity contribution >= 4 is 5.82 Å². The summed E-state index contributed by atoms with van der Waals surface area (Å²) in [5, 5.41) is 0. The second kappa shape index (κ2) is 7.84. The first-order valence-corrected chi connectivity index (χ1v) is 6.21. The van der Waals surface area contributed by atoms with E-state index in [1.165, 1.54) is 0 Å². The van der Waals surface area contributed by atoms with E-state index in [9.17, 15) is 0 Å². The lowest BCUT2D eigenvalue weighted by atomic mass is 10.3. The van der Waals surface area contributed by atoms with Gasteiger partial charge < -0.3 is 15.4 Å². The maximum Gasteiger partial charge on any atom is 0.218 e. The Bertz CT molecular complexity index is 319. The first-order valence-electron chi connectivity index (χ1n) is 6.21. The molecule has 0 saturated heterocycles. The summed E-state index contributed by atoms with van der Waals surface area (Å²) in [6, 6.07) is 1.88. The van der Waals surface area contributed by atoms with Gasteiger partial charge in [-0.2, -0.15) is 0 Å². The van der Waals surface area contributed by atoms with E-state index in [0.717, 1.165) is 31.7 Å². The molecule has 0 aromatic carbocycles. The van der Waals surface area contributed by atoms with E-state index < -0.39 is 0 Å². The molecule has 0 fully saturated rings. The third kappa shape index (κ3) is 4.56. The van der Waals surface area contributed by atoms with Crippen molar-refractivity contribution in [2.24, 2.45) is 5.73 Å². The summed E-state index contributed by atoms with van der Waals surface area (Å²) >= 11 is 0. The summed E-state index contributed by atoms with van der Waals surface area (Å²) in [5.41, 5.74) is 5.52. The van der Waals surface area contributed by atoms with Gasteiger partial charge >= 0.3 is 0 Å². The number of hydrogen-bond donors (Lipinski definition) is 1. The Labute approximate surface area is 103 Å². The number of aromatic nitrogens is 2. The number of anilines is 1. The molecule has 5 heteroatoms. The summed E-state index contributed by atoms with van der Waals surface area (Å²) < 4.78 is 5.49. The summed E-state index contributed by atoms with van der Waals surface area (Å²) in [4.78, 5) is 10.5. The van der Waals surface area contributed by atoms with Crippen LogP contribution in [0.25, 0.3) is 0 Å². The van der Waals surface area contributed by atoms with Gasteiger partial charge in [0.05, 0.1) is 6.61 Å². The smallest absolute Gasteiger partial charge is 0.218 e. The van der Waals surface area contributed by atoms with Crippen LogP contribution in [0.4, 0.5) is 5.82 Å². The van der Waals surface area contributed by atoms with Gasteiger partial charge in [0.25, 0.3) is 0 Å². The fourth-order valence-electron chi connectivity index (χ4n) is 1.51. The Morgan fingerprint density at radius 2 is 2.18 bits per heavy atom. The molecule has 0 spiro atoms. The van der Waals surface area contributed by atoms with E-state index in [-0.39, 0.29) is 0 Å². The largest absolute Gasteiger partial charge is 0.478 e. The van der Waals surface area contributed by atoms with Gasteiger partial charge in [-0.1, -0.05) is 6.92 Å². The molecule has 1 aromatic rings. The van der Waals surface area contributed by atoms with Gasteiger partial charge in [-0.15, -0.1) is 0 Å². The van der Waals surface area contributed by atoms with E-state index in [0.29, 0.717) is 19.0 Å². The van der Waals surface area contributed by atoms with Crippen LogP contribution in [0.5, 0.6) is 5.88 Å². The van der Waals surface area contributed by atoms with Gasteiger partial charge in [0.1, 0.15) is 12.1 Å². The lowest BCUT2D eigenvalue weighted by Gasteiger charge is -2.21. The Hall–Kier alpha value is -1.36. The molecule has 0 atom stereocenters. The molecule has 0 amide bonds. The van der Waals surface area contributed by atoms with Crippen LogP contribution in [0, 0.1) is 0 Å². The highest BCUT2D eigenvalue weighted by atomic mass is 16.5. The quantitative estimate of drug-likeness (QED) is 0.742. The first-order chi connectivity index (χ1) is 8.31. The molecule has 0 bridgehead atoms. The number of rotatable bonds is 8. The number of nitrogens with zero attached hydrogens (tertiary/aromatic N) is 3. The van der Waals surface area contributed by atoms with Gasteiger partial charge in [0, 0.05) is 19.2 Å². The first kappa shape index (κ1) is 13.7. The second-order valence-corrected chi connectivity index (χ2v) is 3.78. The molecule has 0 aliphatic rings. The van der Waals surface area contributed by atoms with Gasteiger partial charge in [0.15, 0.2) is 0 Å². The number of hydrogen-bond acceptors (Lipinski definition) is 5. The molecule has 96 valence electrons. The Morgan fingerprint density at radius 3 is 2.82 bits per heavy atom. The molecule has 0 aliphatic carbocycles. The zero-order chi connectivity index (χ0) is 12.5. The minimum atomic E-state index is 0.642. The third-order valence-electron chi connectivity index (χ3n) is 2.42. The average Bonchev–Trinajstić information content (AvgIpc) is 2.38. The summed E-state index contributed by atoms with van der Waals surface area (Å²) in [6.07, 6.45) is 3.48. The maximum atomic E-state index is 5.52. The van der Waals surface area contributed by atoms with Crippen molar-refractivity contribution in [3.63, 3.8) is 0 Å². The van der Waals surface area contributed by atoms with Gasteiger partial charge in [-0.3, -0.25) is 0 Å². The minimum Gasteiger partial charge on any atom is -0.478 e. The summed E-state index contributed by atoms with van der Waals surface area (Å²) in [5.74, 6) is 1.55. The molecule has 1 rings (SSSR count). The van der Waals surface area contributed by atoms with E-state index in [1.807, 2.05) is 6.07 Å². The van der Waals surface area contributed by atoms with Crippen molar-refractivity contribution < 1.29 is 4.74 Å². The molecule has 17 heavy (non-hydrogen) atoms. The highest BCUT2D eigenvalue weighted by Crippen LogP contribution is 2.15. The van der Waals surface area contributed by atoms with Crippen molar-refractivity contribution in [1.82, 2.24) is 9.97 Å². The van der Waals surface area contributed by atoms with E-state index in [1.54, 1.807) is 6.33 Å². The minimum absolute atomic E-state index is 0.642. The van der Waals surface area contributed by atoms with Crippen LogP contribution in [0.2, 0.25) is 0 Å². The van der Waals surface area contributed by atoms with Crippen LogP contribution < -0.4 is 15.4 Å². The predicted molar refractivity (Wildman–Crippen MR) is 69.4 cm³/mol. The van der Waals surface area contributed by atoms with Crippen LogP contribution >= 0.6 is 0 Å². The van der Waals surface area contributed by atoms with E-state index in [2.05, 4.69) is 28.7 Å². The van der Waals surface area contributed by atoms with Crippen molar-refractivity contribution in [3.8, 4) is 5.88 Å². The number of nitrogens with two attached hydrogens (primary N) is 1. The molecular formula is C12H22N4O. The van der Waals surface area contributed by atoms with Gasteiger partial charge in [-0.05, 0) is 26.3 Å². The molecule has 0 aliphatic heterocycles. The highest BCUT2D eigenvalue weighted by Gasteiger charge is 2.07. The van der Waals surface area contributed by atoms with Crippen LogP contribution in [0.3, 0.4) is 0 Å². The van der Waals surface area contributed by atoms with Crippen molar-refractivity contribution in [1.29, 1.82) is 0 Å². The Balaban J connectivity index is 2.66. The zero-order valence-electron chi connectivity index (χ0n) is 10.7. The molecule has 0 unspecified atom stereocenters. The molecular weight excluding hydrogens is 216 g/mol. The van der Waals surface area contributed by atoms with Crippen LogP contribution in [0.1, 0.15) is 26.7 Å². The fourth-order valence-corrected chi connectivity index (χ4v) is 1.51. The second-order valence-electron chi connectivity index (χ2n) is 3.78. The fraction of sp³-hybridized carbons (Fsp3) is 0.667. The molecule has 0 radical (unpaired) electrons. The third-order valence-corrected chi connectivity index (χ3v) is 2.42. The molecule has 1 aromatic heterocycles. The lowest BCUT2D eigenvalue weighted by Crippen LogP contribution is -2.26. The van der Waals surface area contributed by atoms with Crippen molar-refractivity contribution in [2.45, 2.75) is 26.7 Å². The molecule has 2 N–H and O–H groups in total. The van der Waals surface area contributed by atoms with Crippen molar-refractivity contribution in [3.05, 3.63) is 12.4 Å². The lowest BCUT2D eigenvalue weighted by molar-refractivity contribution is 0.304. The topological polar surface area (TPSA) is 64.3 Å². The van der Waals surface area contributed by atoms with Crippen LogP contribution in [-0.2, 0) is 0 Å². The maximum absolute atomic E-state index is 5.52. The molecule has 1 heterocycles. The summed E-state index contributed by atoms with van der Waals surface area (Å²) in [6.45, 7) is 7.38. The summed E-state index contributed by atoms with van der Waals surface area (Å²) in [7, 11) is 0. The van der Waals surface area contributed by atoms with E-state index in [4.69, 9.17) is 10.5 Å². The Morgan fingerprint density at radius 1 is 1.35 bits per heavy atom. The SMILES string of the molecule is CCCOc1cc(N(CC)CCCN)ncn1. The average molecular weight is 238 g/mol. The van der Waals surface area contributed by atoms with Crippen molar-refractivity contribution in [2.75, 3.05) is 31.1 Å². The standard InChI is InChI=1S/C12H22N4O/c1-3-8-17-12-9-11(14-10-15-12)16(4-2)7-5-6-13/h9-10H,3-8,13H2,1-2H3. The molecule has 0 saturated carbocycles. The molecule has 5 nitrogen and oxygen atoms in total. The zero-order valence-corrected chi connectivity index (χ0v) is 10.7. The predicted octanol–water partition coefficient (Wildman–Crippen LogP) is 1.44. The highest BCUT2D eigenvalue weighted by molar-refractivity contribution is 5.40. The van der Waals surface area contributed by atoms with E-state index >= 15 is 0 Å². The van der Waals surface area contributed by atoms with Gasteiger partial charge in [-0.25, -0.2) is 9.97 Å². The Kier molecular flexibility index (Phi) is 6.32. The normalized spacial score (nSPS) is 10.3. The van der Waals surface area contributed by atoms with Crippen LogP contribution in [0.15, 0.2) is 12.4 Å². The number of ether oxygens (including phenoxy) is 1. The van der Waals surface area contributed by atoms with Gasteiger partial charge in [0.2, 0.25) is 5.88 Å².